The maximum Gasteiger partial charge on any atom is 0.270 e. The highest BCUT2D eigenvalue weighted by Crippen LogP contribution is 2.32. The smallest absolute Gasteiger partial charge is 0.270 e. The molecule has 33 heavy (non-hydrogen) atoms. The fourth-order valence-electron chi connectivity index (χ4n) is 2.87. The lowest BCUT2D eigenvalue weighted by Crippen LogP contribution is -2.16. The summed E-state index contributed by atoms with van der Waals surface area (Å²) in [6.45, 7) is 1.48. The van der Waals surface area contributed by atoms with Gasteiger partial charge in [-0.3, -0.25) is 19.6 Å². The van der Waals surface area contributed by atoms with Crippen LogP contribution in [0.5, 0.6) is 5.75 Å². The summed E-state index contributed by atoms with van der Waals surface area (Å²) in [5, 5.41) is 11.0. The van der Waals surface area contributed by atoms with Crippen LogP contribution in [0.2, 0.25) is 0 Å². The van der Waals surface area contributed by atoms with Crippen molar-refractivity contribution >= 4 is 37.1 Å². The van der Waals surface area contributed by atoms with Gasteiger partial charge in [0.2, 0.25) is 0 Å². The number of ether oxygens (including phenoxy) is 1. The molecular weight excluding hydrogens is 477 g/mol. The van der Waals surface area contributed by atoms with E-state index < -0.39 is 36.5 Å². The van der Waals surface area contributed by atoms with Gasteiger partial charge in [0, 0.05) is 12.1 Å². The Morgan fingerprint density at radius 1 is 0.909 bits per heavy atom. The zero-order valence-electron chi connectivity index (χ0n) is 17.3. The topological polar surface area (TPSA) is 145 Å². The number of non-ortho nitro benzene ring substituents is 1. The lowest BCUT2D eigenvalue weighted by Gasteiger charge is -2.15. The lowest BCUT2D eigenvalue weighted by molar-refractivity contribution is -0.385. The van der Waals surface area contributed by atoms with E-state index in [4.69, 9.17) is 4.74 Å². The predicted molar refractivity (Wildman–Crippen MR) is 119 cm³/mol. The molecule has 0 aromatic heterocycles. The highest BCUT2D eigenvalue weighted by molar-refractivity contribution is 7.93. The van der Waals surface area contributed by atoms with E-state index >= 15 is 0 Å². The minimum atomic E-state index is -4.25. The monoisotopic (exact) mass is 495 g/mol. The third kappa shape index (κ3) is 5.38. The van der Waals surface area contributed by atoms with E-state index in [-0.39, 0.29) is 32.5 Å². The van der Waals surface area contributed by atoms with Crippen molar-refractivity contribution in [1.82, 2.24) is 0 Å². The van der Waals surface area contributed by atoms with Gasteiger partial charge in [-0.1, -0.05) is 6.07 Å². The molecule has 3 aromatic rings. The summed E-state index contributed by atoms with van der Waals surface area (Å²) in [4.78, 5) is 9.79. The Labute approximate surface area is 189 Å². The molecule has 0 radical (unpaired) electrons. The van der Waals surface area contributed by atoms with Crippen LogP contribution in [0.1, 0.15) is 5.56 Å². The maximum absolute atomic E-state index is 13.1. The number of benzene rings is 3. The number of aryl methyl sites for hydroxylation is 1. The molecule has 0 amide bonds. The molecule has 13 heteroatoms. The lowest BCUT2D eigenvalue weighted by atomic mass is 10.2. The van der Waals surface area contributed by atoms with Crippen LogP contribution in [0.25, 0.3) is 0 Å². The zero-order valence-corrected chi connectivity index (χ0v) is 18.9. The number of hydrogen-bond acceptors (Lipinski definition) is 7. The molecule has 174 valence electrons. The quantitative estimate of drug-likeness (QED) is 0.358. The molecule has 0 heterocycles. The molecule has 10 nitrogen and oxygen atoms in total. The first-order valence-electron chi connectivity index (χ1n) is 9.17. The number of nitro benzene ring substituents is 1. The Bertz CT molecular complexity index is 1420. The van der Waals surface area contributed by atoms with Crippen LogP contribution >= 0.6 is 0 Å². The van der Waals surface area contributed by atoms with Crippen LogP contribution in [0, 0.1) is 22.9 Å². The van der Waals surface area contributed by atoms with E-state index in [0.29, 0.717) is 0 Å². The van der Waals surface area contributed by atoms with Crippen molar-refractivity contribution in [3.05, 3.63) is 82.2 Å². The predicted octanol–water partition coefficient (Wildman–Crippen LogP) is 3.65. The van der Waals surface area contributed by atoms with Gasteiger partial charge in [0.15, 0.2) is 0 Å². The maximum atomic E-state index is 13.1. The van der Waals surface area contributed by atoms with Gasteiger partial charge in [-0.15, -0.1) is 0 Å². The highest BCUT2D eigenvalue weighted by Gasteiger charge is 2.22. The second-order valence-corrected chi connectivity index (χ2v) is 10.1. The Hall–Kier alpha value is -3.71. The van der Waals surface area contributed by atoms with Crippen molar-refractivity contribution in [2.45, 2.75) is 16.7 Å². The zero-order chi connectivity index (χ0) is 24.4. The largest absolute Gasteiger partial charge is 0.495 e. The normalized spacial score (nSPS) is 11.6. The molecule has 0 unspecified atom stereocenters. The molecule has 0 atom stereocenters. The second-order valence-electron chi connectivity index (χ2n) is 6.79. The van der Waals surface area contributed by atoms with Crippen LogP contribution in [0.15, 0.2) is 70.5 Å². The number of anilines is 2. The van der Waals surface area contributed by atoms with E-state index in [1.165, 1.54) is 44.4 Å². The van der Waals surface area contributed by atoms with Crippen molar-refractivity contribution in [1.29, 1.82) is 0 Å². The van der Waals surface area contributed by atoms with Gasteiger partial charge in [-0.25, -0.2) is 21.2 Å². The molecule has 0 bridgehead atoms. The summed E-state index contributed by atoms with van der Waals surface area (Å²) in [5.74, 6) is -0.519. The van der Waals surface area contributed by atoms with Crippen LogP contribution in [0.3, 0.4) is 0 Å². The molecule has 3 aromatic carbocycles. The molecule has 0 aliphatic rings. The fraction of sp³-hybridized carbons (Fsp3) is 0.100. The molecule has 3 rings (SSSR count). The number of hydrogen-bond donors (Lipinski definition) is 2. The number of nitro groups is 1. The number of nitrogens with zero attached hydrogens (tertiary/aromatic N) is 1. The minimum Gasteiger partial charge on any atom is -0.495 e. The average molecular weight is 496 g/mol. The summed E-state index contributed by atoms with van der Waals surface area (Å²) in [6, 6.07) is 11.4. The number of halogens is 1. The summed E-state index contributed by atoms with van der Waals surface area (Å²) in [7, 11) is -7.10. The summed E-state index contributed by atoms with van der Waals surface area (Å²) in [6.07, 6.45) is 0. The van der Waals surface area contributed by atoms with Gasteiger partial charge in [0.25, 0.3) is 25.7 Å². The van der Waals surface area contributed by atoms with Crippen LogP contribution < -0.4 is 14.2 Å². The molecular formula is C20H18FN3O7S2. The van der Waals surface area contributed by atoms with Gasteiger partial charge in [-0.05, 0) is 55.0 Å². The van der Waals surface area contributed by atoms with Crippen LogP contribution in [-0.2, 0) is 20.0 Å². The summed E-state index contributed by atoms with van der Waals surface area (Å²) < 4.78 is 73.9. The SMILES string of the molecule is COc1ccc(NS(=O)(=O)c2cc([N+](=O)[O-])ccc2C)cc1NS(=O)(=O)c1ccc(F)cc1. The molecule has 0 saturated heterocycles. The van der Waals surface area contributed by atoms with Crippen molar-refractivity contribution in [2.75, 3.05) is 16.6 Å². The number of nitrogens with one attached hydrogen (secondary N) is 2. The second kappa shape index (κ2) is 9.03. The first kappa shape index (κ1) is 23.9. The van der Waals surface area contributed by atoms with E-state index in [9.17, 15) is 31.3 Å². The fourth-order valence-corrected chi connectivity index (χ4v) is 5.25. The van der Waals surface area contributed by atoms with Gasteiger partial charge in [0.05, 0.1) is 33.2 Å². The number of methoxy groups -OCH3 is 1. The Morgan fingerprint density at radius 2 is 1.58 bits per heavy atom. The first-order valence-corrected chi connectivity index (χ1v) is 12.1. The number of rotatable bonds is 8. The number of sulfonamides is 2. The summed E-state index contributed by atoms with van der Waals surface area (Å²) in [5.41, 5.74) is -0.237. The Kier molecular flexibility index (Phi) is 6.56. The highest BCUT2D eigenvalue weighted by atomic mass is 32.2. The van der Waals surface area contributed by atoms with Gasteiger partial charge in [-0.2, -0.15) is 0 Å². The molecule has 0 aliphatic carbocycles. The van der Waals surface area contributed by atoms with Crippen molar-refractivity contribution in [3.8, 4) is 5.75 Å². The van der Waals surface area contributed by atoms with Gasteiger partial charge < -0.3 is 4.74 Å². The Morgan fingerprint density at radius 3 is 2.18 bits per heavy atom. The first-order chi connectivity index (χ1) is 15.4. The Balaban J connectivity index is 1.96. The minimum absolute atomic E-state index is 0.0292. The van der Waals surface area contributed by atoms with E-state index in [2.05, 4.69) is 9.44 Å². The van der Waals surface area contributed by atoms with Crippen molar-refractivity contribution in [3.63, 3.8) is 0 Å². The van der Waals surface area contributed by atoms with Crippen molar-refractivity contribution in [2.24, 2.45) is 0 Å². The molecule has 0 fully saturated rings. The molecule has 0 saturated carbocycles. The van der Waals surface area contributed by atoms with Crippen molar-refractivity contribution < 1.29 is 30.9 Å². The summed E-state index contributed by atoms with van der Waals surface area (Å²) >= 11 is 0. The standard InChI is InChI=1S/C20H18FN3O7S2/c1-13-3-7-16(24(25)26)12-20(13)33(29,30)22-15-6-10-19(31-2)18(11-15)23-32(27,28)17-8-4-14(21)5-9-17/h3-12,22-23H,1-2H3. The third-order valence-electron chi connectivity index (χ3n) is 4.49. The van der Waals surface area contributed by atoms with E-state index in [1.807, 2.05) is 0 Å². The molecule has 0 spiro atoms. The van der Waals surface area contributed by atoms with Crippen LogP contribution in [-0.4, -0.2) is 28.9 Å². The van der Waals surface area contributed by atoms with E-state index in [0.717, 1.165) is 30.3 Å². The molecule has 0 aliphatic heterocycles. The van der Waals surface area contributed by atoms with Gasteiger partial charge in [0.1, 0.15) is 11.6 Å². The van der Waals surface area contributed by atoms with Crippen LogP contribution in [0.4, 0.5) is 21.5 Å². The van der Waals surface area contributed by atoms with Gasteiger partial charge >= 0.3 is 0 Å². The van der Waals surface area contributed by atoms with E-state index in [1.54, 1.807) is 0 Å². The molecule has 2 N–H and O–H groups in total. The third-order valence-corrected chi connectivity index (χ3v) is 7.40. The average Bonchev–Trinajstić information content (AvgIpc) is 2.73.